The summed E-state index contributed by atoms with van der Waals surface area (Å²) in [6.45, 7) is 3.73. The molecule has 7 atom stereocenters. The summed E-state index contributed by atoms with van der Waals surface area (Å²) in [6, 6.07) is -0.723. The van der Waals surface area contributed by atoms with Gasteiger partial charge in [-0.05, 0) is 70.6 Å². The van der Waals surface area contributed by atoms with E-state index in [-0.39, 0.29) is 12.5 Å². The summed E-state index contributed by atoms with van der Waals surface area (Å²) < 4.78 is 11.3. The van der Waals surface area contributed by atoms with Crippen LogP contribution in [0.15, 0.2) is 85.1 Å². The van der Waals surface area contributed by atoms with Gasteiger partial charge in [0.15, 0.2) is 6.29 Å². The van der Waals surface area contributed by atoms with E-state index in [1.54, 1.807) is 0 Å². The van der Waals surface area contributed by atoms with Crippen LogP contribution in [-0.4, -0.2) is 87.5 Å². The second-order valence-electron chi connectivity index (χ2n) is 20.8. The first-order chi connectivity index (χ1) is 35.8. The summed E-state index contributed by atoms with van der Waals surface area (Å²) >= 11 is 0. The Kier molecular flexibility index (Phi) is 49.5. The fourth-order valence-electron chi connectivity index (χ4n) is 9.26. The zero-order valence-electron chi connectivity index (χ0n) is 46.9. The monoisotopic (exact) mass is 1020 g/mol. The smallest absolute Gasteiger partial charge is 0.220 e. The molecule has 6 N–H and O–H groups in total. The van der Waals surface area contributed by atoms with Crippen molar-refractivity contribution in [2.45, 2.75) is 301 Å². The van der Waals surface area contributed by atoms with E-state index in [0.717, 1.165) is 83.5 Å². The molecule has 0 spiro atoms. The van der Waals surface area contributed by atoms with Crippen molar-refractivity contribution in [2.24, 2.45) is 0 Å². The van der Waals surface area contributed by atoms with Crippen LogP contribution >= 0.6 is 0 Å². The predicted octanol–water partition coefficient (Wildman–Crippen LogP) is 15.4. The number of ether oxygens (including phenoxy) is 2. The van der Waals surface area contributed by atoms with E-state index in [4.69, 9.17) is 9.47 Å². The maximum atomic E-state index is 13.1. The molecule has 73 heavy (non-hydrogen) atoms. The third-order valence-electron chi connectivity index (χ3n) is 14.0. The molecular weight excluding hydrogens is 911 g/mol. The number of carbonyl (C=O) groups excluding carboxylic acids is 1. The first-order valence-corrected chi connectivity index (χ1v) is 30.3. The van der Waals surface area contributed by atoms with Gasteiger partial charge >= 0.3 is 0 Å². The fraction of sp³-hybridized carbons (Fsp3) is 0.766. The van der Waals surface area contributed by atoms with Gasteiger partial charge in [0, 0.05) is 6.42 Å². The lowest BCUT2D eigenvalue weighted by Crippen LogP contribution is -2.60. The lowest BCUT2D eigenvalue weighted by atomic mass is 9.99. The molecule has 422 valence electrons. The standard InChI is InChI=1S/C64H113NO8/c1-3-5-7-9-11-13-15-17-19-20-21-22-23-24-25-26-27-28-29-30-31-32-33-34-35-36-37-38-40-42-44-46-48-50-52-54-60(68)65-57(56-72-64-63(71)62(70)61(69)59(55-66)73-64)58(67)53-51-49-47-45-43-41-39-18-16-14-12-10-8-6-4-2/h5,7,11,13,17,19,21-22,24-25,27-28,30-31,57-59,61-64,66-67,69-71H,3-4,6,8-10,12,14-16,18,20,23,26,29,32-56H2,1-2H3,(H,65,68)/b7-5-,13-11-,19-17-,22-21-,25-24-,28-27-,31-30-. The van der Waals surface area contributed by atoms with Crippen molar-refractivity contribution < 1.29 is 39.8 Å². The third-order valence-corrected chi connectivity index (χ3v) is 14.0. The highest BCUT2D eigenvalue weighted by Crippen LogP contribution is 2.23. The lowest BCUT2D eigenvalue weighted by Gasteiger charge is -2.40. The maximum Gasteiger partial charge on any atom is 0.220 e. The Morgan fingerprint density at radius 2 is 0.849 bits per heavy atom. The number of hydrogen-bond donors (Lipinski definition) is 6. The first kappa shape index (κ1) is 68.4. The summed E-state index contributed by atoms with van der Waals surface area (Å²) in [5, 5.41) is 54.7. The number of rotatable bonds is 51. The number of carbonyl (C=O) groups is 1. The van der Waals surface area contributed by atoms with Gasteiger partial charge in [0.1, 0.15) is 24.4 Å². The van der Waals surface area contributed by atoms with Crippen molar-refractivity contribution in [1.29, 1.82) is 0 Å². The van der Waals surface area contributed by atoms with Gasteiger partial charge in [-0.25, -0.2) is 0 Å². The minimum Gasteiger partial charge on any atom is -0.394 e. The third kappa shape index (κ3) is 42.2. The Labute approximate surface area is 448 Å². The molecule has 0 aromatic heterocycles. The molecule has 1 saturated heterocycles. The van der Waals surface area contributed by atoms with E-state index in [1.165, 1.54) is 148 Å². The molecule has 1 aliphatic heterocycles. The molecule has 0 saturated carbocycles. The Balaban J connectivity index is 2.13. The van der Waals surface area contributed by atoms with Crippen LogP contribution in [0.4, 0.5) is 0 Å². The molecule has 0 bridgehead atoms. The maximum absolute atomic E-state index is 13.1. The van der Waals surface area contributed by atoms with Crippen molar-refractivity contribution in [1.82, 2.24) is 5.32 Å². The summed E-state index contributed by atoms with van der Waals surface area (Å²) in [5.41, 5.74) is 0. The number of hydrogen-bond acceptors (Lipinski definition) is 8. The van der Waals surface area contributed by atoms with Gasteiger partial charge in [-0.15, -0.1) is 0 Å². The molecule has 1 heterocycles. The summed E-state index contributed by atoms with van der Waals surface area (Å²) in [5.74, 6) is -0.147. The number of unbranched alkanes of at least 4 members (excludes halogenated alkanes) is 27. The lowest BCUT2D eigenvalue weighted by molar-refractivity contribution is -0.302. The van der Waals surface area contributed by atoms with E-state index in [1.807, 2.05) is 0 Å². The highest BCUT2D eigenvalue weighted by Gasteiger charge is 2.44. The number of nitrogens with one attached hydrogen (secondary N) is 1. The van der Waals surface area contributed by atoms with Crippen molar-refractivity contribution in [2.75, 3.05) is 13.2 Å². The predicted molar refractivity (Wildman–Crippen MR) is 308 cm³/mol. The molecule has 1 rings (SSSR count). The quantitative estimate of drug-likeness (QED) is 0.0261. The summed E-state index contributed by atoms with van der Waals surface area (Å²) in [6.07, 6.45) is 67.6. The molecule has 0 radical (unpaired) electrons. The Hall–Kier alpha value is -2.63. The van der Waals surface area contributed by atoms with E-state index < -0.39 is 49.5 Å². The molecular formula is C64H113NO8. The van der Waals surface area contributed by atoms with Gasteiger partial charge < -0.3 is 40.3 Å². The molecule has 1 amide bonds. The van der Waals surface area contributed by atoms with Crippen LogP contribution in [0.3, 0.4) is 0 Å². The summed E-state index contributed by atoms with van der Waals surface area (Å²) in [4.78, 5) is 13.1. The van der Waals surface area contributed by atoms with Gasteiger partial charge in [-0.2, -0.15) is 0 Å². The number of aliphatic hydroxyl groups excluding tert-OH is 5. The van der Waals surface area contributed by atoms with Crippen molar-refractivity contribution in [3.63, 3.8) is 0 Å². The van der Waals surface area contributed by atoms with E-state index in [2.05, 4.69) is 104 Å². The van der Waals surface area contributed by atoms with E-state index in [9.17, 15) is 30.3 Å². The number of allylic oxidation sites excluding steroid dienone is 14. The Morgan fingerprint density at radius 3 is 1.26 bits per heavy atom. The van der Waals surface area contributed by atoms with Gasteiger partial charge in [0.05, 0.1) is 25.4 Å². The normalized spacial score (nSPS) is 19.7. The average molecular weight is 1020 g/mol. The van der Waals surface area contributed by atoms with Crippen molar-refractivity contribution in [3.8, 4) is 0 Å². The number of aliphatic hydroxyl groups is 5. The Bertz CT molecular complexity index is 1420. The molecule has 0 aliphatic carbocycles. The highest BCUT2D eigenvalue weighted by molar-refractivity contribution is 5.76. The second kappa shape index (κ2) is 52.8. The van der Waals surface area contributed by atoms with Gasteiger partial charge in [0.2, 0.25) is 5.91 Å². The van der Waals surface area contributed by atoms with Crippen LogP contribution in [0.2, 0.25) is 0 Å². The molecule has 9 heteroatoms. The fourth-order valence-corrected chi connectivity index (χ4v) is 9.26. The molecule has 1 aliphatic rings. The molecule has 9 nitrogen and oxygen atoms in total. The minimum absolute atomic E-state index is 0.140. The van der Waals surface area contributed by atoms with Crippen LogP contribution in [0.1, 0.15) is 258 Å². The average Bonchev–Trinajstić information content (AvgIpc) is 3.39. The van der Waals surface area contributed by atoms with Gasteiger partial charge in [0.25, 0.3) is 0 Å². The topological polar surface area (TPSA) is 149 Å². The van der Waals surface area contributed by atoms with E-state index >= 15 is 0 Å². The van der Waals surface area contributed by atoms with Crippen LogP contribution in [0.5, 0.6) is 0 Å². The van der Waals surface area contributed by atoms with Crippen LogP contribution < -0.4 is 5.32 Å². The zero-order chi connectivity index (χ0) is 52.9. The van der Waals surface area contributed by atoms with Gasteiger partial charge in [-0.1, -0.05) is 266 Å². The first-order valence-electron chi connectivity index (χ1n) is 30.3. The molecule has 1 fully saturated rings. The molecule has 0 aromatic rings. The minimum atomic E-state index is -1.56. The second-order valence-corrected chi connectivity index (χ2v) is 20.8. The van der Waals surface area contributed by atoms with Crippen LogP contribution in [0, 0.1) is 0 Å². The van der Waals surface area contributed by atoms with Crippen molar-refractivity contribution >= 4 is 5.91 Å². The summed E-state index contributed by atoms with van der Waals surface area (Å²) in [7, 11) is 0. The molecule has 0 aromatic carbocycles. The van der Waals surface area contributed by atoms with Crippen molar-refractivity contribution in [3.05, 3.63) is 85.1 Å². The highest BCUT2D eigenvalue weighted by atomic mass is 16.7. The Morgan fingerprint density at radius 1 is 0.479 bits per heavy atom. The van der Waals surface area contributed by atoms with E-state index in [0.29, 0.717) is 12.8 Å². The SMILES string of the molecule is CC/C=C\C/C=C\C/C=C\C/C=C\C/C=C\C/C=C\C/C=C\CCCCCCCCCCCCCCCC(=O)NC(COC1OC(CO)C(O)C(O)C1O)C(O)CCCCCCCCCCCCCCCCC. The number of amides is 1. The zero-order valence-corrected chi connectivity index (χ0v) is 46.9. The van der Waals surface area contributed by atoms with Crippen LogP contribution in [0.25, 0.3) is 0 Å². The van der Waals surface area contributed by atoms with Gasteiger partial charge in [-0.3, -0.25) is 4.79 Å². The molecule has 7 unspecified atom stereocenters. The van der Waals surface area contributed by atoms with Crippen LogP contribution in [-0.2, 0) is 14.3 Å². The largest absolute Gasteiger partial charge is 0.394 e.